The second-order valence-electron chi connectivity index (χ2n) is 9.30. The van der Waals surface area contributed by atoms with Crippen molar-refractivity contribution in [3.8, 4) is 0 Å². The second-order valence-corrected chi connectivity index (χ2v) is 9.30. The van der Waals surface area contributed by atoms with Crippen molar-refractivity contribution < 1.29 is 23.5 Å². The molecule has 2 aliphatic heterocycles. The summed E-state index contributed by atoms with van der Waals surface area (Å²) in [5.41, 5.74) is 0.649. The minimum absolute atomic E-state index is 0.104. The van der Waals surface area contributed by atoms with E-state index in [2.05, 4.69) is 18.3 Å². The number of alkyl halides is 1. The van der Waals surface area contributed by atoms with E-state index in [0.29, 0.717) is 52.2 Å². The standard InChI is InChI=1S/C23H40FN3O4/c1-5-8-18(20-17-30-16-15-27(20)22(29)31-23(2,3)4)9-6-7-12-25-21(28)26-13-10-19(24)11-14-26/h8,19-20H,5-7,9-17H2,1-4H3,(H,25,28)/b18-8+/t20-/m0/s1. The lowest BCUT2D eigenvalue weighted by atomic mass is 9.98. The van der Waals surface area contributed by atoms with Crippen molar-refractivity contribution in [3.63, 3.8) is 0 Å². The number of hydrogen-bond acceptors (Lipinski definition) is 4. The number of carbonyl (C=O) groups is 2. The van der Waals surface area contributed by atoms with Crippen molar-refractivity contribution >= 4 is 12.1 Å². The van der Waals surface area contributed by atoms with E-state index >= 15 is 0 Å². The number of likely N-dealkylation sites (tertiary alicyclic amines) is 1. The lowest BCUT2D eigenvalue weighted by Crippen LogP contribution is -2.51. The summed E-state index contributed by atoms with van der Waals surface area (Å²) in [5.74, 6) is 0. The maximum Gasteiger partial charge on any atom is 0.410 e. The van der Waals surface area contributed by atoms with Crippen LogP contribution in [0.15, 0.2) is 11.6 Å². The molecule has 2 aliphatic rings. The zero-order chi connectivity index (χ0) is 22.9. The molecule has 2 rings (SSSR count). The maximum atomic E-state index is 13.2. The maximum absolute atomic E-state index is 13.2. The first-order valence-corrected chi connectivity index (χ1v) is 11.6. The van der Waals surface area contributed by atoms with Gasteiger partial charge in [0.15, 0.2) is 0 Å². The molecule has 2 fully saturated rings. The Morgan fingerprint density at radius 2 is 1.90 bits per heavy atom. The largest absolute Gasteiger partial charge is 0.444 e. The molecular weight excluding hydrogens is 401 g/mol. The topological polar surface area (TPSA) is 71.1 Å². The molecule has 0 bridgehead atoms. The zero-order valence-corrected chi connectivity index (χ0v) is 19.6. The summed E-state index contributed by atoms with van der Waals surface area (Å²) < 4.78 is 24.5. The van der Waals surface area contributed by atoms with Gasteiger partial charge in [-0.3, -0.25) is 4.90 Å². The molecule has 3 amide bonds. The average Bonchev–Trinajstić information content (AvgIpc) is 2.72. The number of nitrogens with one attached hydrogen (secondary N) is 1. The van der Waals surface area contributed by atoms with Crippen LogP contribution in [-0.2, 0) is 9.47 Å². The van der Waals surface area contributed by atoms with Crippen molar-refractivity contribution in [2.75, 3.05) is 39.4 Å². The van der Waals surface area contributed by atoms with Crippen molar-refractivity contribution in [1.82, 2.24) is 15.1 Å². The van der Waals surface area contributed by atoms with E-state index in [1.807, 2.05) is 20.8 Å². The van der Waals surface area contributed by atoms with Crippen LogP contribution < -0.4 is 5.32 Å². The van der Waals surface area contributed by atoms with Crippen molar-refractivity contribution in [2.24, 2.45) is 0 Å². The Morgan fingerprint density at radius 3 is 2.55 bits per heavy atom. The van der Waals surface area contributed by atoms with Gasteiger partial charge in [-0.1, -0.05) is 13.0 Å². The molecule has 7 nitrogen and oxygen atoms in total. The molecule has 0 spiro atoms. The molecule has 178 valence electrons. The third-order valence-corrected chi connectivity index (χ3v) is 5.53. The summed E-state index contributed by atoms with van der Waals surface area (Å²) in [7, 11) is 0. The van der Waals surface area contributed by atoms with Gasteiger partial charge >= 0.3 is 12.1 Å². The number of unbranched alkanes of at least 4 members (excludes halogenated alkanes) is 1. The highest BCUT2D eigenvalue weighted by Gasteiger charge is 2.32. The molecule has 0 unspecified atom stereocenters. The van der Waals surface area contributed by atoms with Crippen LogP contribution >= 0.6 is 0 Å². The number of halogens is 1. The Bertz CT molecular complexity index is 612. The van der Waals surface area contributed by atoms with Gasteiger partial charge in [0.25, 0.3) is 0 Å². The molecule has 0 aliphatic carbocycles. The predicted molar refractivity (Wildman–Crippen MR) is 119 cm³/mol. The van der Waals surface area contributed by atoms with Gasteiger partial charge in [-0.15, -0.1) is 0 Å². The molecule has 31 heavy (non-hydrogen) atoms. The normalized spacial score (nSPS) is 21.2. The number of nitrogens with zero attached hydrogens (tertiary/aromatic N) is 2. The van der Waals surface area contributed by atoms with Gasteiger partial charge in [-0.05, 0) is 64.9 Å². The van der Waals surface area contributed by atoms with Crippen LogP contribution in [0.1, 0.15) is 66.2 Å². The van der Waals surface area contributed by atoms with Gasteiger partial charge in [-0.25, -0.2) is 14.0 Å². The molecule has 0 radical (unpaired) electrons. The second kappa shape index (κ2) is 12.3. The van der Waals surface area contributed by atoms with Crippen LogP contribution in [0.3, 0.4) is 0 Å². The van der Waals surface area contributed by atoms with E-state index in [4.69, 9.17) is 9.47 Å². The summed E-state index contributed by atoms with van der Waals surface area (Å²) in [6.07, 6.45) is 5.41. The van der Waals surface area contributed by atoms with E-state index < -0.39 is 11.8 Å². The highest BCUT2D eigenvalue weighted by atomic mass is 19.1. The monoisotopic (exact) mass is 441 g/mol. The van der Waals surface area contributed by atoms with Gasteiger partial charge in [-0.2, -0.15) is 0 Å². The summed E-state index contributed by atoms with van der Waals surface area (Å²) >= 11 is 0. The number of amides is 3. The number of rotatable bonds is 7. The highest BCUT2D eigenvalue weighted by molar-refractivity contribution is 5.74. The summed E-state index contributed by atoms with van der Waals surface area (Å²) in [6, 6.07) is -0.215. The van der Waals surface area contributed by atoms with Gasteiger partial charge in [0, 0.05) is 26.2 Å². The van der Waals surface area contributed by atoms with E-state index in [1.54, 1.807) is 9.80 Å². The molecule has 0 saturated carbocycles. The van der Waals surface area contributed by atoms with Gasteiger partial charge in [0.05, 0.1) is 19.3 Å². The van der Waals surface area contributed by atoms with Gasteiger partial charge in [0.2, 0.25) is 0 Å². The fourth-order valence-corrected chi connectivity index (χ4v) is 3.93. The van der Waals surface area contributed by atoms with E-state index in [9.17, 15) is 14.0 Å². The molecule has 2 heterocycles. The summed E-state index contributed by atoms with van der Waals surface area (Å²) in [6.45, 7) is 10.8. The Morgan fingerprint density at radius 1 is 1.19 bits per heavy atom. The molecule has 0 aromatic rings. The fraction of sp³-hybridized carbons (Fsp3) is 0.826. The Balaban J connectivity index is 1.81. The number of urea groups is 1. The average molecular weight is 442 g/mol. The summed E-state index contributed by atoms with van der Waals surface area (Å²) in [5, 5.41) is 2.94. The number of allylic oxidation sites excluding steroid dienone is 1. The minimum atomic E-state index is -0.781. The smallest absolute Gasteiger partial charge is 0.410 e. The lowest BCUT2D eigenvalue weighted by molar-refractivity contribution is -0.0247. The van der Waals surface area contributed by atoms with Crippen LogP contribution in [0.25, 0.3) is 0 Å². The van der Waals surface area contributed by atoms with Crippen molar-refractivity contribution in [3.05, 3.63) is 11.6 Å². The van der Waals surface area contributed by atoms with Gasteiger partial charge < -0.3 is 19.7 Å². The number of hydrogen-bond donors (Lipinski definition) is 1. The first-order chi connectivity index (χ1) is 14.7. The number of carbonyl (C=O) groups excluding carboxylic acids is 2. The lowest BCUT2D eigenvalue weighted by Gasteiger charge is -2.38. The third kappa shape index (κ3) is 8.67. The predicted octanol–water partition coefficient (Wildman–Crippen LogP) is 4.27. The van der Waals surface area contributed by atoms with Crippen LogP contribution in [0.2, 0.25) is 0 Å². The molecule has 2 saturated heterocycles. The molecule has 8 heteroatoms. The first kappa shape index (κ1) is 25.4. The number of morpholine rings is 1. The third-order valence-electron chi connectivity index (χ3n) is 5.53. The molecule has 0 aromatic heterocycles. The minimum Gasteiger partial charge on any atom is -0.444 e. The summed E-state index contributed by atoms with van der Waals surface area (Å²) in [4.78, 5) is 28.4. The SMILES string of the molecule is CC/C=C(\CCCCNC(=O)N1CCC(F)CC1)[C@@H]1COCCN1C(=O)OC(C)(C)C. The fourth-order valence-electron chi connectivity index (χ4n) is 3.93. The van der Waals surface area contributed by atoms with Crippen LogP contribution in [0.5, 0.6) is 0 Å². The Labute approximate surface area is 186 Å². The highest BCUT2D eigenvalue weighted by Crippen LogP contribution is 2.23. The Kier molecular flexibility index (Phi) is 10.1. The van der Waals surface area contributed by atoms with E-state index in [-0.39, 0.29) is 18.2 Å². The Hall–Kier alpha value is -1.83. The molecule has 1 atom stereocenters. The number of piperidine rings is 1. The molecular formula is C23H40FN3O4. The number of ether oxygens (including phenoxy) is 2. The molecule has 1 N–H and O–H groups in total. The van der Waals surface area contributed by atoms with E-state index in [0.717, 1.165) is 25.7 Å². The van der Waals surface area contributed by atoms with Gasteiger partial charge in [0.1, 0.15) is 11.8 Å². The van der Waals surface area contributed by atoms with Crippen LogP contribution in [-0.4, -0.2) is 79.1 Å². The zero-order valence-electron chi connectivity index (χ0n) is 19.6. The van der Waals surface area contributed by atoms with Crippen LogP contribution in [0.4, 0.5) is 14.0 Å². The van der Waals surface area contributed by atoms with Crippen molar-refractivity contribution in [1.29, 1.82) is 0 Å². The van der Waals surface area contributed by atoms with Crippen molar-refractivity contribution in [2.45, 2.75) is 84.0 Å². The quantitative estimate of drug-likeness (QED) is 0.473. The van der Waals surface area contributed by atoms with E-state index in [1.165, 1.54) is 5.57 Å². The van der Waals surface area contributed by atoms with Crippen LogP contribution in [0, 0.1) is 0 Å². The first-order valence-electron chi connectivity index (χ1n) is 11.6. The molecule has 0 aromatic carbocycles.